The minimum atomic E-state index is -0.554. The number of amides is 1. The minimum Gasteiger partial charge on any atom is -0.339 e. The molecule has 1 aromatic carbocycles. The van der Waals surface area contributed by atoms with Gasteiger partial charge in [-0.05, 0) is 13.0 Å². The molecule has 82 valence electrons. The lowest BCUT2D eigenvalue weighted by atomic mass is 10.2. The lowest BCUT2D eigenvalue weighted by Crippen LogP contribution is -2.31. The van der Waals surface area contributed by atoms with E-state index in [1.807, 2.05) is 0 Å². The smallest absolute Gasteiger partial charge is 0.270 e. The minimum absolute atomic E-state index is 0.124. The fourth-order valence-corrected chi connectivity index (χ4v) is 1.08. The zero-order chi connectivity index (χ0) is 12.1. The van der Waals surface area contributed by atoms with Crippen LogP contribution in [0.25, 0.3) is 0 Å². The summed E-state index contributed by atoms with van der Waals surface area (Å²) in [7, 11) is 0. The van der Waals surface area contributed by atoms with Gasteiger partial charge < -0.3 is 5.32 Å². The van der Waals surface area contributed by atoms with Gasteiger partial charge in [-0.1, -0.05) is 12.0 Å². The van der Waals surface area contributed by atoms with E-state index < -0.39 is 16.9 Å². The summed E-state index contributed by atoms with van der Waals surface area (Å²) >= 11 is 0. The van der Waals surface area contributed by atoms with E-state index in [0.29, 0.717) is 0 Å². The Kier molecular flexibility index (Phi) is 3.62. The third kappa shape index (κ3) is 2.82. The maximum absolute atomic E-state index is 11.6. The highest BCUT2D eigenvalue weighted by Gasteiger charge is 2.12. The third-order valence-electron chi connectivity index (χ3n) is 1.92. The number of terminal acetylenes is 1. The Labute approximate surface area is 92.6 Å². The van der Waals surface area contributed by atoms with Crippen LogP contribution < -0.4 is 5.32 Å². The Hall–Kier alpha value is -2.35. The highest BCUT2D eigenvalue weighted by molar-refractivity contribution is 5.95. The molecule has 0 aromatic heterocycles. The van der Waals surface area contributed by atoms with Gasteiger partial charge in [-0.25, -0.2) is 0 Å². The first-order valence-corrected chi connectivity index (χ1v) is 4.56. The third-order valence-corrected chi connectivity index (χ3v) is 1.92. The molecule has 1 unspecified atom stereocenters. The maximum atomic E-state index is 11.6. The van der Waals surface area contributed by atoms with E-state index >= 15 is 0 Å². The molecule has 16 heavy (non-hydrogen) atoms. The van der Waals surface area contributed by atoms with Crippen LogP contribution in [0.5, 0.6) is 0 Å². The summed E-state index contributed by atoms with van der Waals surface area (Å²) in [6.45, 7) is 1.65. The van der Waals surface area contributed by atoms with Crippen molar-refractivity contribution in [1.82, 2.24) is 5.32 Å². The fourth-order valence-electron chi connectivity index (χ4n) is 1.08. The summed E-state index contributed by atoms with van der Waals surface area (Å²) in [5.41, 5.74) is 0.0947. The number of hydrogen-bond donors (Lipinski definition) is 1. The van der Waals surface area contributed by atoms with Crippen LogP contribution in [0.3, 0.4) is 0 Å². The monoisotopic (exact) mass is 218 g/mol. The van der Waals surface area contributed by atoms with Crippen LogP contribution in [0.2, 0.25) is 0 Å². The molecule has 1 N–H and O–H groups in total. The standard InChI is InChI=1S/C11H10N2O3/c1-3-8(2)12-11(14)9-5-4-6-10(7-9)13(15)16/h1,4-8H,2H3,(H,12,14). The Morgan fingerprint density at radius 2 is 2.31 bits per heavy atom. The topological polar surface area (TPSA) is 72.2 Å². The molecule has 1 amide bonds. The predicted octanol–water partition coefficient (Wildman–Crippen LogP) is 1.35. The van der Waals surface area contributed by atoms with Crippen LogP contribution in [-0.2, 0) is 0 Å². The Morgan fingerprint density at radius 1 is 1.62 bits per heavy atom. The van der Waals surface area contributed by atoms with Gasteiger partial charge in [0.1, 0.15) is 0 Å². The van der Waals surface area contributed by atoms with E-state index in [0.717, 1.165) is 0 Å². The number of hydrogen-bond acceptors (Lipinski definition) is 3. The molecule has 0 bridgehead atoms. The number of rotatable bonds is 3. The summed E-state index contributed by atoms with van der Waals surface area (Å²) in [5.74, 6) is 1.92. The summed E-state index contributed by atoms with van der Waals surface area (Å²) < 4.78 is 0. The van der Waals surface area contributed by atoms with Crippen molar-refractivity contribution in [3.63, 3.8) is 0 Å². The number of nitrogens with one attached hydrogen (secondary N) is 1. The molecule has 0 radical (unpaired) electrons. The van der Waals surface area contributed by atoms with Crippen molar-refractivity contribution in [1.29, 1.82) is 0 Å². The molecule has 1 rings (SSSR count). The number of nitro groups is 1. The van der Waals surface area contributed by atoms with E-state index in [1.54, 1.807) is 6.92 Å². The molecule has 0 aliphatic rings. The highest BCUT2D eigenvalue weighted by Crippen LogP contribution is 2.12. The van der Waals surface area contributed by atoms with Crippen molar-refractivity contribution in [3.05, 3.63) is 39.9 Å². The summed E-state index contributed by atoms with van der Waals surface area (Å²) in [4.78, 5) is 21.5. The van der Waals surface area contributed by atoms with Gasteiger partial charge in [0, 0.05) is 17.7 Å². The molecule has 5 heteroatoms. The quantitative estimate of drug-likeness (QED) is 0.472. The first-order chi connectivity index (χ1) is 7.54. The van der Waals surface area contributed by atoms with Crippen LogP contribution in [0.1, 0.15) is 17.3 Å². The molecular formula is C11H10N2O3. The van der Waals surface area contributed by atoms with E-state index in [2.05, 4.69) is 11.2 Å². The summed E-state index contributed by atoms with van der Waals surface area (Å²) in [5, 5.41) is 13.0. The average Bonchev–Trinajstić information content (AvgIpc) is 2.28. The van der Waals surface area contributed by atoms with Gasteiger partial charge in [-0.3, -0.25) is 14.9 Å². The summed E-state index contributed by atoms with van der Waals surface area (Å²) in [6.07, 6.45) is 5.10. The van der Waals surface area contributed by atoms with Crippen LogP contribution in [-0.4, -0.2) is 16.9 Å². The first-order valence-electron chi connectivity index (χ1n) is 4.56. The van der Waals surface area contributed by atoms with E-state index in [-0.39, 0.29) is 11.3 Å². The van der Waals surface area contributed by atoms with Crippen molar-refractivity contribution >= 4 is 11.6 Å². The molecule has 1 aromatic rings. The zero-order valence-electron chi connectivity index (χ0n) is 8.64. The number of benzene rings is 1. The molecule has 1 atom stereocenters. The van der Waals surface area contributed by atoms with E-state index in [9.17, 15) is 14.9 Å². The second kappa shape index (κ2) is 4.94. The van der Waals surface area contributed by atoms with Crippen LogP contribution in [0.15, 0.2) is 24.3 Å². The molecule has 0 saturated carbocycles. The Bertz CT molecular complexity index is 463. The maximum Gasteiger partial charge on any atom is 0.270 e. The molecule has 0 heterocycles. The van der Waals surface area contributed by atoms with Crippen molar-refractivity contribution in [3.8, 4) is 12.3 Å². The first kappa shape index (κ1) is 11.7. The number of nitro benzene ring substituents is 1. The summed E-state index contributed by atoms with van der Waals surface area (Å²) in [6, 6.07) is 5.06. The lowest BCUT2D eigenvalue weighted by molar-refractivity contribution is -0.384. The van der Waals surface area contributed by atoms with Gasteiger partial charge in [0.25, 0.3) is 11.6 Å². The molecule has 5 nitrogen and oxygen atoms in total. The van der Waals surface area contributed by atoms with Crippen molar-refractivity contribution in [2.75, 3.05) is 0 Å². The van der Waals surface area contributed by atoms with Crippen molar-refractivity contribution in [2.45, 2.75) is 13.0 Å². The second-order valence-corrected chi connectivity index (χ2v) is 3.17. The molecule has 0 spiro atoms. The van der Waals surface area contributed by atoms with Crippen LogP contribution >= 0.6 is 0 Å². The fraction of sp³-hybridized carbons (Fsp3) is 0.182. The van der Waals surface area contributed by atoms with Gasteiger partial charge in [-0.2, -0.15) is 0 Å². The zero-order valence-corrected chi connectivity index (χ0v) is 8.64. The van der Waals surface area contributed by atoms with Crippen molar-refractivity contribution in [2.24, 2.45) is 0 Å². The van der Waals surface area contributed by atoms with E-state index in [4.69, 9.17) is 6.42 Å². The molecule has 0 aliphatic heterocycles. The van der Waals surface area contributed by atoms with Gasteiger partial charge in [0.05, 0.1) is 11.0 Å². The molecule has 0 fully saturated rings. The largest absolute Gasteiger partial charge is 0.339 e. The number of non-ortho nitro benzene ring substituents is 1. The molecule has 0 aliphatic carbocycles. The SMILES string of the molecule is C#CC(C)NC(=O)c1cccc([N+](=O)[O-])c1. The predicted molar refractivity (Wildman–Crippen MR) is 58.9 cm³/mol. The van der Waals surface area contributed by atoms with Gasteiger partial charge in [0.15, 0.2) is 0 Å². The normalized spacial score (nSPS) is 11.2. The van der Waals surface area contributed by atoms with Gasteiger partial charge in [0.2, 0.25) is 0 Å². The Balaban J connectivity index is 2.89. The number of carbonyl (C=O) groups excluding carboxylic acids is 1. The molecule has 0 saturated heterocycles. The number of nitrogens with zero attached hydrogens (tertiary/aromatic N) is 1. The van der Waals surface area contributed by atoms with Gasteiger partial charge in [-0.15, -0.1) is 6.42 Å². The lowest BCUT2D eigenvalue weighted by Gasteiger charge is -2.07. The Morgan fingerprint density at radius 3 is 2.88 bits per heavy atom. The van der Waals surface area contributed by atoms with Crippen molar-refractivity contribution < 1.29 is 9.72 Å². The molecular weight excluding hydrogens is 208 g/mol. The second-order valence-electron chi connectivity index (χ2n) is 3.17. The van der Waals surface area contributed by atoms with Gasteiger partial charge >= 0.3 is 0 Å². The van der Waals surface area contributed by atoms with Crippen LogP contribution in [0.4, 0.5) is 5.69 Å². The van der Waals surface area contributed by atoms with Crippen LogP contribution in [0, 0.1) is 22.5 Å². The number of carbonyl (C=O) groups is 1. The highest BCUT2D eigenvalue weighted by atomic mass is 16.6. The van der Waals surface area contributed by atoms with E-state index in [1.165, 1.54) is 24.3 Å². The average molecular weight is 218 g/mol.